The molecule has 1 aliphatic heterocycles. The van der Waals surface area contributed by atoms with Gasteiger partial charge < -0.3 is 23.5 Å². The quantitative estimate of drug-likeness (QED) is 0.865. The van der Waals surface area contributed by atoms with Crippen LogP contribution in [0.25, 0.3) is 11.1 Å². The molecule has 1 fully saturated rings. The molecule has 0 radical (unpaired) electrons. The molecule has 7 heteroatoms. The van der Waals surface area contributed by atoms with Crippen LogP contribution in [-0.2, 0) is 11.3 Å². The number of ether oxygens (including phenoxy) is 1. The van der Waals surface area contributed by atoms with Crippen molar-refractivity contribution in [2.45, 2.75) is 27.3 Å². The highest BCUT2D eigenvalue weighted by Gasteiger charge is 2.28. The Bertz CT molecular complexity index is 753. The molecule has 1 aliphatic rings. The zero-order valence-electron chi connectivity index (χ0n) is 14.4. The molecule has 0 aromatic carbocycles. The van der Waals surface area contributed by atoms with Crippen molar-refractivity contribution in [1.29, 1.82) is 0 Å². The fraction of sp³-hybridized carbons (Fsp3) is 0.529. The molecule has 7 nitrogen and oxygen atoms in total. The van der Waals surface area contributed by atoms with E-state index in [0.29, 0.717) is 45.0 Å². The molecular formula is C17H23N3O4. The van der Waals surface area contributed by atoms with Gasteiger partial charge in [-0.25, -0.2) is 4.79 Å². The number of aryl methyl sites for hydroxylation is 2. The molecule has 2 aromatic heterocycles. The minimum atomic E-state index is -0.311. The Morgan fingerprint density at radius 1 is 1.12 bits per heavy atom. The second-order valence-electron chi connectivity index (χ2n) is 5.86. The van der Waals surface area contributed by atoms with E-state index in [1.54, 1.807) is 16.7 Å². The van der Waals surface area contributed by atoms with Crippen molar-refractivity contribution >= 4 is 23.1 Å². The predicted molar refractivity (Wildman–Crippen MR) is 89.1 cm³/mol. The number of furan rings is 1. The molecule has 2 aromatic rings. The van der Waals surface area contributed by atoms with Crippen LogP contribution in [0.4, 0.5) is 4.79 Å². The molecule has 0 spiro atoms. The van der Waals surface area contributed by atoms with Gasteiger partial charge in [-0.05, 0) is 20.8 Å². The van der Waals surface area contributed by atoms with Gasteiger partial charge in [0.15, 0.2) is 5.58 Å². The van der Waals surface area contributed by atoms with Crippen LogP contribution >= 0.6 is 0 Å². The van der Waals surface area contributed by atoms with E-state index in [9.17, 15) is 9.59 Å². The highest BCUT2D eigenvalue weighted by molar-refractivity contribution is 5.97. The van der Waals surface area contributed by atoms with Crippen molar-refractivity contribution in [2.24, 2.45) is 0 Å². The number of hydrogen-bond donors (Lipinski definition) is 0. The standard InChI is InChI=1S/C17H23N3O4/c1-4-20-13-10-12(3)24-15(13)11-14(20)16(21)18-6-8-19(9-7-18)17(22)23-5-2/h10-11H,4-9H2,1-3H3. The van der Waals surface area contributed by atoms with Crippen molar-refractivity contribution < 1.29 is 18.7 Å². The molecule has 0 N–H and O–H groups in total. The maximum atomic E-state index is 12.9. The number of aromatic nitrogens is 1. The lowest BCUT2D eigenvalue weighted by Gasteiger charge is -2.34. The number of nitrogens with zero attached hydrogens (tertiary/aromatic N) is 3. The monoisotopic (exact) mass is 333 g/mol. The topological polar surface area (TPSA) is 67.9 Å². The zero-order valence-corrected chi connectivity index (χ0v) is 14.4. The lowest BCUT2D eigenvalue weighted by atomic mass is 10.3. The Morgan fingerprint density at radius 2 is 1.79 bits per heavy atom. The lowest BCUT2D eigenvalue weighted by molar-refractivity contribution is 0.0562. The molecule has 3 heterocycles. The van der Waals surface area contributed by atoms with Crippen molar-refractivity contribution in [3.05, 3.63) is 23.6 Å². The smallest absolute Gasteiger partial charge is 0.409 e. The molecule has 0 atom stereocenters. The van der Waals surface area contributed by atoms with Crippen LogP contribution in [0.15, 0.2) is 16.5 Å². The van der Waals surface area contributed by atoms with Gasteiger partial charge in [-0.1, -0.05) is 0 Å². The first-order chi connectivity index (χ1) is 11.5. The van der Waals surface area contributed by atoms with E-state index in [2.05, 4.69) is 0 Å². The average molecular weight is 333 g/mol. The Balaban J connectivity index is 1.74. The SMILES string of the molecule is CCOC(=O)N1CCN(C(=O)c2cc3oc(C)cc3n2CC)CC1. The molecule has 2 amide bonds. The number of carbonyl (C=O) groups excluding carboxylic acids is 2. The van der Waals surface area contributed by atoms with Crippen LogP contribution in [0.2, 0.25) is 0 Å². The highest BCUT2D eigenvalue weighted by Crippen LogP contribution is 2.25. The number of amides is 2. The summed E-state index contributed by atoms with van der Waals surface area (Å²) in [6.07, 6.45) is -0.311. The highest BCUT2D eigenvalue weighted by atomic mass is 16.6. The third-order valence-corrected chi connectivity index (χ3v) is 4.34. The van der Waals surface area contributed by atoms with Crippen LogP contribution in [0.5, 0.6) is 0 Å². The van der Waals surface area contributed by atoms with Crippen molar-refractivity contribution in [3.8, 4) is 0 Å². The van der Waals surface area contributed by atoms with E-state index >= 15 is 0 Å². The van der Waals surface area contributed by atoms with Crippen molar-refractivity contribution in [1.82, 2.24) is 14.4 Å². The molecule has 0 saturated carbocycles. The van der Waals surface area contributed by atoms with E-state index in [-0.39, 0.29) is 12.0 Å². The van der Waals surface area contributed by atoms with Gasteiger partial charge in [-0.3, -0.25) is 4.79 Å². The largest absolute Gasteiger partial charge is 0.460 e. The molecule has 0 unspecified atom stereocenters. The molecule has 0 aliphatic carbocycles. The van der Waals surface area contributed by atoms with Crippen molar-refractivity contribution in [2.75, 3.05) is 32.8 Å². The third kappa shape index (κ3) is 2.86. The second-order valence-corrected chi connectivity index (χ2v) is 5.86. The van der Waals surface area contributed by atoms with Crippen LogP contribution in [0.1, 0.15) is 30.1 Å². The average Bonchev–Trinajstić information content (AvgIpc) is 3.10. The summed E-state index contributed by atoms with van der Waals surface area (Å²) in [5.41, 5.74) is 2.32. The van der Waals surface area contributed by atoms with Gasteiger partial charge in [0.05, 0.1) is 12.1 Å². The van der Waals surface area contributed by atoms with Crippen LogP contribution in [0.3, 0.4) is 0 Å². The normalized spacial score (nSPS) is 15.1. The van der Waals surface area contributed by atoms with Gasteiger partial charge in [0, 0.05) is 44.9 Å². The Labute approximate surface area is 140 Å². The first-order valence-corrected chi connectivity index (χ1v) is 8.35. The Kier molecular flexibility index (Phi) is 4.51. The maximum absolute atomic E-state index is 12.9. The predicted octanol–water partition coefficient (Wildman–Crippen LogP) is 2.48. The Hall–Kier alpha value is -2.44. The number of rotatable bonds is 3. The third-order valence-electron chi connectivity index (χ3n) is 4.34. The van der Waals surface area contributed by atoms with Gasteiger partial charge >= 0.3 is 6.09 Å². The summed E-state index contributed by atoms with van der Waals surface area (Å²) in [4.78, 5) is 28.0. The number of hydrogen-bond acceptors (Lipinski definition) is 4. The number of carbonyl (C=O) groups is 2. The fourth-order valence-corrected chi connectivity index (χ4v) is 3.15. The van der Waals surface area contributed by atoms with E-state index in [4.69, 9.17) is 9.15 Å². The van der Waals surface area contributed by atoms with E-state index in [1.165, 1.54) is 0 Å². The van der Waals surface area contributed by atoms with Gasteiger partial charge in [-0.15, -0.1) is 0 Å². The van der Waals surface area contributed by atoms with Gasteiger partial charge in [0.1, 0.15) is 11.5 Å². The molecule has 130 valence electrons. The fourth-order valence-electron chi connectivity index (χ4n) is 3.15. The lowest BCUT2D eigenvalue weighted by Crippen LogP contribution is -2.51. The van der Waals surface area contributed by atoms with Gasteiger partial charge in [-0.2, -0.15) is 0 Å². The second kappa shape index (κ2) is 6.59. The van der Waals surface area contributed by atoms with Crippen LogP contribution in [0, 0.1) is 6.92 Å². The zero-order chi connectivity index (χ0) is 17.3. The van der Waals surface area contributed by atoms with Crippen molar-refractivity contribution in [3.63, 3.8) is 0 Å². The first-order valence-electron chi connectivity index (χ1n) is 8.35. The summed E-state index contributed by atoms with van der Waals surface area (Å²) in [6, 6.07) is 3.76. The molecular weight excluding hydrogens is 310 g/mol. The first kappa shape index (κ1) is 16.4. The summed E-state index contributed by atoms with van der Waals surface area (Å²) in [5.74, 6) is 0.814. The van der Waals surface area contributed by atoms with Crippen LogP contribution in [-0.4, -0.2) is 59.2 Å². The number of fused-ring (bicyclic) bond motifs is 1. The maximum Gasteiger partial charge on any atom is 0.409 e. The molecule has 0 bridgehead atoms. The Morgan fingerprint density at radius 3 is 2.42 bits per heavy atom. The molecule has 3 rings (SSSR count). The summed E-state index contributed by atoms with van der Waals surface area (Å²) < 4.78 is 12.6. The minimum absolute atomic E-state index is 0.0237. The minimum Gasteiger partial charge on any atom is -0.460 e. The molecule has 1 saturated heterocycles. The number of piperazine rings is 1. The van der Waals surface area contributed by atoms with Crippen LogP contribution < -0.4 is 0 Å². The van der Waals surface area contributed by atoms with E-state index in [0.717, 1.165) is 16.9 Å². The summed E-state index contributed by atoms with van der Waals surface area (Å²) in [5, 5.41) is 0. The summed E-state index contributed by atoms with van der Waals surface area (Å²) in [6.45, 7) is 8.76. The summed E-state index contributed by atoms with van der Waals surface area (Å²) >= 11 is 0. The summed E-state index contributed by atoms with van der Waals surface area (Å²) in [7, 11) is 0. The van der Waals surface area contributed by atoms with Gasteiger partial charge in [0.25, 0.3) is 5.91 Å². The van der Waals surface area contributed by atoms with E-state index in [1.807, 2.05) is 30.5 Å². The van der Waals surface area contributed by atoms with E-state index < -0.39 is 0 Å². The van der Waals surface area contributed by atoms with Gasteiger partial charge in [0.2, 0.25) is 0 Å². The molecule has 24 heavy (non-hydrogen) atoms.